The fourth-order valence-electron chi connectivity index (χ4n) is 4.58. The van der Waals surface area contributed by atoms with E-state index in [9.17, 15) is 0 Å². The van der Waals surface area contributed by atoms with Crippen LogP contribution in [0.4, 0.5) is 11.6 Å². The highest BCUT2D eigenvalue weighted by Crippen LogP contribution is 2.37. The predicted molar refractivity (Wildman–Crippen MR) is 117 cm³/mol. The van der Waals surface area contributed by atoms with Crippen molar-refractivity contribution in [2.24, 2.45) is 0 Å². The molecule has 8 heteroatoms. The zero-order chi connectivity index (χ0) is 20.8. The third kappa shape index (κ3) is 3.28. The number of aromatic nitrogens is 5. The number of fused-ring (bicyclic) bond motifs is 1. The largest absolute Gasteiger partial charge is 0.355 e. The Labute approximate surface area is 179 Å². The van der Waals surface area contributed by atoms with Gasteiger partial charge in [0.2, 0.25) is 5.89 Å². The maximum absolute atomic E-state index is 5.40. The van der Waals surface area contributed by atoms with Gasteiger partial charge in [0.05, 0.1) is 17.1 Å². The Morgan fingerprint density at radius 3 is 2.61 bits per heavy atom. The van der Waals surface area contributed by atoms with Crippen LogP contribution in [0.15, 0.2) is 53.3 Å². The number of rotatable bonds is 4. The molecule has 0 saturated carbocycles. The number of anilines is 2. The highest BCUT2D eigenvalue weighted by molar-refractivity contribution is 5.80. The Kier molecular flexibility index (Phi) is 4.29. The Balaban J connectivity index is 1.18. The van der Waals surface area contributed by atoms with Crippen LogP contribution in [0.25, 0.3) is 10.9 Å². The van der Waals surface area contributed by atoms with Crippen LogP contribution in [0.2, 0.25) is 0 Å². The van der Waals surface area contributed by atoms with Gasteiger partial charge in [-0.2, -0.15) is 4.98 Å². The van der Waals surface area contributed by atoms with Crippen LogP contribution in [0.3, 0.4) is 0 Å². The smallest absolute Gasteiger partial charge is 0.231 e. The quantitative estimate of drug-likeness (QED) is 0.504. The summed E-state index contributed by atoms with van der Waals surface area (Å²) in [6.45, 7) is 5.40. The van der Waals surface area contributed by atoms with Crippen molar-refractivity contribution in [3.63, 3.8) is 0 Å². The monoisotopic (exact) mass is 413 g/mol. The first-order valence-electron chi connectivity index (χ1n) is 10.7. The molecule has 2 aliphatic rings. The van der Waals surface area contributed by atoms with Gasteiger partial charge in [-0.25, -0.2) is 9.97 Å². The third-order valence-electron chi connectivity index (χ3n) is 6.26. The summed E-state index contributed by atoms with van der Waals surface area (Å²) in [5.74, 6) is 4.01. The van der Waals surface area contributed by atoms with Crippen molar-refractivity contribution < 1.29 is 4.52 Å². The number of hydrogen-bond donors (Lipinski definition) is 0. The van der Waals surface area contributed by atoms with Crippen LogP contribution in [0.5, 0.6) is 0 Å². The summed E-state index contributed by atoms with van der Waals surface area (Å²) in [6.07, 6.45) is 4.56. The zero-order valence-corrected chi connectivity index (χ0v) is 17.3. The Bertz CT molecular complexity index is 1230. The Morgan fingerprint density at radius 1 is 0.903 bits per heavy atom. The molecule has 1 unspecified atom stereocenters. The molecule has 0 amide bonds. The van der Waals surface area contributed by atoms with Crippen LogP contribution < -0.4 is 9.80 Å². The molecule has 0 N–H and O–H groups in total. The predicted octanol–water partition coefficient (Wildman–Crippen LogP) is 3.31. The van der Waals surface area contributed by atoms with Crippen LogP contribution in [-0.4, -0.2) is 51.3 Å². The lowest BCUT2D eigenvalue weighted by Crippen LogP contribution is -2.46. The van der Waals surface area contributed by atoms with E-state index in [-0.39, 0.29) is 5.92 Å². The van der Waals surface area contributed by atoms with Gasteiger partial charge < -0.3 is 14.3 Å². The fraction of sp³-hybridized carbons (Fsp3) is 0.348. The second-order valence-electron chi connectivity index (χ2n) is 8.34. The lowest BCUT2D eigenvalue weighted by Gasteiger charge is -2.40. The summed E-state index contributed by atoms with van der Waals surface area (Å²) in [4.78, 5) is 23.3. The van der Waals surface area contributed by atoms with Gasteiger partial charge in [0, 0.05) is 49.9 Å². The topological polar surface area (TPSA) is 84.1 Å². The van der Waals surface area contributed by atoms with Crippen molar-refractivity contribution >= 4 is 22.5 Å². The minimum atomic E-state index is 0.246. The average molecular weight is 413 g/mol. The molecule has 2 saturated heterocycles. The SMILES string of the molecule is Cc1noc(C2CCN(c3nccnc3C3CN(c4ccc5ccccc5n4)C3)C2)n1. The minimum absolute atomic E-state index is 0.246. The van der Waals surface area contributed by atoms with Gasteiger partial charge in [0.15, 0.2) is 11.6 Å². The van der Waals surface area contributed by atoms with Crippen molar-refractivity contribution in [1.29, 1.82) is 0 Å². The first kappa shape index (κ1) is 18.2. The van der Waals surface area contributed by atoms with Gasteiger partial charge in [0.1, 0.15) is 5.82 Å². The molecule has 6 rings (SSSR count). The molecule has 8 nitrogen and oxygen atoms in total. The van der Waals surface area contributed by atoms with Gasteiger partial charge in [-0.05, 0) is 31.5 Å². The van der Waals surface area contributed by atoms with E-state index in [4.69, 9.17) is 19.5 Å². The van der Waals surface area contributed by atoms with E-state index in [0.29, 0.717) is 11.7 Å². The zero-order valence-electron chi connectivity index (χ0n) is 17.3. The summed E-state index contributed by atoms with van der Waals surface area (Å²) >= 11 is 0. The summed E-state index contributed by atoms with van der Waals surface area (Å²) in [5, 5.41) is 5.11. The van der Waals surface area contributed by atoms with Crippen LogP contribution in [0.1, 0.15) is 35.7 Å². The van der Waals surface area contributed by atoms with E-state index in [1.54, 1.807) is 12.4 Å². The summed E-state index contributed by atoms with van der Waals surface area (Å²) in [5.41, 5.74) is 2.10. The van der Waals surface area contributed by atoms with Crippen LogP contribution in [-0.2, 0) is 0 Å². The molecule has 4 aromatic rings. The van der Waals surface area contributed by atoms with Crippen molar-refractivity contribution in [1.82, 2.24) is 25.1 Å². The van der Waals surface area contributed by atoms with E-state index < -0.39 is 0 Å². The molecule has 2 aliphatic heterocycles. The number of para-hydroxylation sites is 1. The molecule has 1 atom stereocenters. The summed E-state index contributed by atoms with van der Waals surface area (Å²) in [7, 11) is 0. The lowest BCUT2D eigenvalue weighted by molar-refractivity contribution is 0.356. The molecule has 3 aromatic heterocycles. The first-order chi connectivity index (χ1) is 15.2. The standard InChI is InChI=1S/C23H23N7O/c1-15-26-23(31-28-15)17-8-11-29(12-17)22-21(24-9-10-25-22)18-13-30(14-18)20-7-6-16-4-2-3-5-19(16)27-20/h2-7,9-10,17-18H,8,11-14H2,1H3. The number of hydrogen-bond acceptors (Lipinski definition) is 8. The average Bonchev–Trinajstić information content (AvgIpc) is 3.42. The molecule has 0 radical (unpaired) electrons. The van der Waals surface area contributed by atoms with Crippen molar-refractivity contribution in [2.75, 3.05) is 36.0 Å². The number of pyridine rings is 1. The van der Waals surface area contributed by atoms with Crippen molar-refractivity contribution in [2.45, 2.75) is 25.2 Å². The highest BCUT2D eigenvalue weighted by Gasteiger charge is 2.36. The van der Waals surface area contributed by atoms with Gasteiger partial charge >= 0.3 is 0 Å². The second kappa shape index (κ2) is 7.30. The summed E-state index contributed by atoms with van der Waals surface area (Å²) < 4.78 is 5.40. The maximum atomic E-state index is 5.40. The Hall–Kier alpha value is -3.55. The highest BCUT2D eigenvalue weighted by atomic mass is 16.5. The molecule has 31 heavy (non-hydrogen) atoms. The van der Waals surface area contributed by atoms with Gasteiger partial charge in [0.25, 0.3) is 0 Å². The fourth-order valence-corrected chi connectivity index (χ4v) is 4.58. The minimum Gasteiger partial charge on any atom is -0.355 e. The Morgan fingerprint density at radius 2 is 1.74 bits per heavy atom. The number of nitrogens with zero attached hydrogens (tertiary/aromatic N) is 7. The molecule has 156 valence electrons. The van der Waals surface area contributed by atoms with Gasteiger partial charge in [-0.15, -0.1) is 0 Å². The van der Waals surface area contributed by atoms with Crippen molar-refractivity contribution in [3.8, 4) is 0 Å². The van der Waals surface area contributed by atoms with E-state index in [1.165, 1.54) is 5.39 Å². The van der Waals surface area contributed by atoms with Crippen molar-refractivity contribution in [3.05, 3.63) is 66.2 Å². The van der Waals surface area contributed by atoms with Crippen LogP contribution >= 0.6 is 0 Å². The number of benzene rings is 1. The van der Waals surface area contributed by atoms with E-state index in [0.717, 1.165) is 61.3 Å². The normalized spacial score (nSPS) is 19.2. The molecule has 0 aliphatic carbocycles. The molecule has 0 bridgehead atoms. The molecular formula is C23H23N7O. The van der Waals surface area contributed by atoms with E-state index >= 15 is 0 Å². The molecule has 0 spiro atoms. The van der Waals surface area contributed by atoms with Gasteiger partial charge in [-0.3, -0.25) is 4.98 Å². The van der Waals surface area contributed by atoms with E-state index in [2.05, 4.69) is 44.2 Å². The van der Waals surface area contributed by atoms with Crippen LogP contribution in [0, 0.1) is 6.92 Å². The number of aryl methyl sites for hydroxylation is 1. The second-order valence-corrected chi connectivity index (χ2v) is 8.34. The lowest BCUT2D eigenvalue weighted by atomic mass is 9.95. The molecule has 5 heterocycles. The molecule has 1 aromatic carbocycles. The third-order valence-corrected chi connectivity index (χ3v) is 6.26. The van der Waals surface area contributed by atoms with E-state index in [1.807, 2.05) is 19.1 Å². The molecular weight excluding hydrogens is 390 g/mol. The summed E-state index contributed by atoms with van der Waals surface area (Å²) in [6, 6.07) is 12.5. The first-order valence-corrected chi connectivity index (χ1v) is 10.7. The molecule has 2 fully saturated rings. The van der Waals surface area contributed by atoms with Gasteiger partial charge in [-0.1, -0.05) is 23.4 Å². The maximum Gasteiger partial charge on any atom is 0.231 e.